The van der Waals surface area contributed by atoms with Crippen molar-refractivity contribution in [3.8, 4) is 0 Å². The van der Waals surface area contributed by atoms with E-state index in [2.05, 4.69) is 61.8 Å². The molecule has 0 radical (unpaired) electrons. The van der Waals surface area contributed by atoms with Gasteiger partial charge in [-0.2, -0.15) is 11.3 Å². The molecule has 3 heteroatoms. The molecule has 0 aromatic carbocycles. The summed E-state index contributed by atoms with van der Waals surface area (Å²) in [5.74, 6) is 0. The summed E-state index contributed by atoms with van der Waals surface area (Å²) < 4.78 is 0. The molecule has 0 fully saturated rings. The molecular weight excluding hydrogens is 252 g/mol. The first kappa shape index (κ1) is 16.7. The van der Waals surface area contributed by atoms with Gasteiger partial charge in [0.05, 0.1) is 0 Å². The lowest BCUT2D eigenvalue weighted by Crippen LogP contribution is -2.58. The van der Waals surface area contributed by atoms with Gasteiger partial charge in [0.25, 0.3) is 0 Å². The van der Waals surface area contributed by atoms with Crippen LogP contribution in [0.25, 0.3) is 0 Å². The molecule has 2 atom stereocenters. The highest BCUT2D eigenvalue weighted by Crippen LogP contribution is 2.26. The summed E-state index contributed by atoms with van der Waals surface area (Å²) >= 11 is 1.80. The van der Waals surface area contributed by atoms with E-state index in [1.807, 2.05) is 0 Å². The van der Waals surface area contributed by atoms with Crippen molar-refractivity contribution in [3.05, 3.63) is 22.4 Å². The largest absolute Gasteiger partial charge is 0.315 e. The molecule has 2 nitrogen and oxygen atoms in total. The number of hydrogen-bond acceptors (Lipinski definition) is 3. The van der Waals surface area contributed by atoms with Crippen molar-refractivity contribution >= 4 is 11.3 Å². The Morgan fingerprint density at radius 3 is 2.42 bits per heavy atom. The van der Waals surface area contributed by atoms with Crippen molar-refractivity contribution in [1.29, 1.82) is 0 Å². The Morgan fingerprint density at radius 2 is 2.00 bits per heavy atom. The highest BCUT2D eigenvalue weighted by Gasteiger charge is 2.35. The normalized spacial score (nSPS) is 16.5. The molecule has 0 aliphatic heterocycles. The van der Waals surface area contributed by atoms with Gasteiger partial charge in [-0.05, 0) is 68.7 Å². The summed E-state index contributed by atoms with van der Waals surface area (Å²) in [6.07, 6.45) is 3.56. The van der Waals surface area contributed by atoms with Gasteiger partial charge in [-0.1, -0.05) is 20.8 Å². The molecule has 0 amide bonds. The Kier molecular flexibility index (Phi) is 7.05. The minimum atomic E-state index is 0.244. The highest BCUT2D eigenvalue weighted by atomic mass is 32.1. The molecule has 0 aliphatic carbocycles. The quantitative estimate of drug-likeness (QED) is 0.741. The fraction of sp³-hybridized carbons (Fsp3) is 0.750. The molecule has 0 aliphatic rings. The average molecular weight is 282 g/mol. The number of likely N-dealkylation sites (N-methyl/N-ethyl adjacent to an activating group) is 2. The van der Waals surface area contributed by atoms with Crippen molar-refractivity contribution in [1.82, 2.24) is 10.2 Å². The number of nitrogens with one attached hydrogen (secondary N) is 1. The maximum atomic E-state index is 3.57. The smallest absolute Gasteiger partial charge is 0.0331 e. The van der Waals surface area contributed by atoms with E-state index in [-0.39, 0.29) is 5.54 Å². The number of thiophene rings is 1. The molecule has 0 spiro atoms. The summed E-state index contributed by atoms with van der Waals surface area (Å²) in [7, 11) is 2.11. The zero-order valence-electron chi connectivity index (χ0n) is 13.2. The third-order valence-electron chi connectivity index (χ3n) is 4.60. The van der Waals surface area contributed by atoms with Crippen molar-refractivity contribution in [3.63, 3.8) is 0 Å². The predicted octanol–water partition coefficient (Wildman–Crippen LogP) is 3.78. The molecule has 1 aromatic rings. The Balaban J connectivity index is 2.73. The Labute approximate surface area is 123 Å². The van der Waals surface area contributed by atoms with Crippen molar-refractivity contribution in [2.75, 3.05) is 20.1 Å². The standard InChI is InChI=1S/C16H30N2S/c1-6-16(4,18(7-2)8-3)15(17-5)10-9-14-11-12-19-13-14/h11-13,15,17H,6-10H2,1-5H3. The summed E-state index contributed by atoms with van der Waals surface area (Å²) in [6.45, 7) is 11.5. The maximum Gasteiger partial charge on any atom is 0.0331 e. The van der Waals surface area contributed by atoms with Gasteiger partial charge in [-0.15, -0.1) is 0 Å². The van der Waals surface area contributed by atoms with Gasteiger partial charge in [0.2, 0.25) is 0 Å². The zero-order valence-corrected chi connectivity index (χ0v) is 14.0. The van der Waals surface area contributed by atoms with Gasteiger partial charge < -0.3 is 5.32 Å². The minimum Gasteiger partial charge on any atom is -0.315 e. The summed E-state index contributed by atoms with van der Waals surface area (Å²) in [5, 5.41) is 8.01. The molecule has 0 saturated carbocycles. The number of rotatable bonds is 9. The van der Waals surface area contributed by atoms with Crippen LogP contribution in [0.15, 0.2) is 16.8 Å². The second-order valence-corrected chi connectivity index (χ2v) is 6.17. The maximum absolute atomic E-state index is 3.57. The van der Waals surface area contributed by atoms with E-state index in [1.165, 1.54) is 24.8 Å². The van der Waals surface area contributed by atoms with Crippen LogP contribution in [0.5, 0.6) is 0 Å². The second kappa shape index (κ2) is 8.03. The van der Waals surface area contributed by atoms with Gasteiger partial charge in [-0.3, -0.25) is 4.90 Å². The summed E-state index contributed by atoms with van der Waals surface area (Å²) in [5.41, 5.74) is 1.72. The van der Waals surface area contributed by atoms with E-state index in [4.69, 9.17) is 0 Å². The van der Waals surface area contributed by atoms with E-state index in [0.29, 0.717) is 6.04 Å². The molecule has 2 unspecified atom stereocenters. The third kappa shape index (κ3) is 4.04. The second-order valence-electron chi connectivity index (χ2n) is 5.39. The number of aryl methyl sites for hydroxylation is 1. The van der Waals surface area contributed by atoms with E-state index in [0.717, 1.165) is 13.1 Å². The van der Waals surface area contributed by atoms with Crippen LogP contribution in [-0.4, -0.2) is 36.6 Å². The van der Waals surface area contributed by atoms with Crippen molar-refractivity contribution in [2.24, 2.45) is 0 Å². The predicted molar refractivity (Wildman–Crippen MR) is 87.1 cm³/mol. The van der Waals surface area contributed by atoms with E-state index < -0.39 is 0 Å². The van der Waals surface area contributed by atoms with E-state index in [1.54, 1.807) is 11.3 Å². The van der Waals surface area contributed by atoms with Gasteiger partial charge in [-0.25, -0.2) is 0 Å². The lowest BCUT2D eigenvalue weighted by atomic mass is 9.84. The van der Waals surface area contributed by atoms with Crippen LogP contribution in [0.4, 0.5) is 0 Å². The zero-order chi connectivity index (χ0) is 14.3. The van der Waals surface area contributed by atoms with Crippen molar-refractivity contribution < 1.29 is 0 Å². The van der Waals surface area contributed by atoms with Crippen LogP contribution in [0.3, 0.4) is 0 Å². The fourth-order valence-corrected chi connectivity index (χ4v) is 3.85. The average Bonchev–Trinajstić information content (AvgIpc) is 2.93. The van der Waals surface area contributed by atoms with Gasteiger partial charge in [0.15, 0.2) is 0 Å². The molecule has 0 bridgehead atoms. The van der Waals surface area contributed by atoms with Crippen LogP contribution in [0.2, 0.25) is 0 Å². The lowest BCUT2D eigenvalue weighted by Gasteiger charge is -2.46. The fourth-order valence-electron chi connectivity index (χ4n) is 3.15. The molecular formula is C16H30N2S. The first-order valence-electron chi connectivity index (χ1n) is 7.55. The van der Waals surface area contributed by atoms with Crippen molar-refractivity contribution in [2.45, 2.75) is 58.5 Å². The first-order chi connectivity index (χ1) is 9.12. The molecule has 1 N–H and O–H groups in total. The minimum absolute atomic E-state index is 0.244. The van der Waals surface area contributed by atoms with Gasteiger partial charge in [0, 0.05) is 11.6 Å². The SMILES string of the molecule is CCN(CC)C(C)(CC)C(CCc1ccsc1)NC. The molecule has 1 aromatic heterocycles. The Bertz CT molecular complexity index is 333. The van der Waals surface area contributed by atoms with Crippen LogP contribution < -0.4 is 5.32 Å². The van der Waals surface area contributed by atoms with Crippen LogP contribution in [-0.2, 0) is 6.42 Å². The number of nitrogens with zero attached hydrogens (tertiary/aromatic N) is 1. The molecule has 1 rings (SSSR count). The molecule has 110 valence electrons. The first-order valence-corrected chi connectivity index (χ1v) is 8.49. The number of hydrogen-bond donors (Lipinski definition) is 1. The summed E-state index contributed by atoms with van der Waals surface area (Å²) in [4.78, 5) is 2.60. The molecule has 19 heavy (non-hydrogen) atoms. The lowest BCUT2D eigenvalue weighted by molar-refractivity contribution is 0.0698. The highest BCUT2D eigenvalue weighted by molar-refractivity contribution is 7.07. The molecule has 1 heterocycles. The Hall–Kier alpha value is -0.380. The van der Waals surface area contributed by atoms with Crippen LogP contribution >= 0.6 is 11.3 Å². The Morgan fingerprint density at radius 1 is 1.32 bits per heavy atom. The van der Waals surface area contributed by atoms with Crippen LogP contribution in [0.1, 0.15) is 46.1 Å². The van der Waals surface area contributed by atoms with E-state index >= 15 is 0 Å². The monoisotopic (exact) mass is 282 g/mol. The topological polar surface area (TPSA) is 15.3 Å². The van der Waals surface area contributed by atoms with Crippen LogP contribution in [0, 0.1) is 0 Å². The molecule has 0 saturated heterocycles. The summed E-state index contributed by atoms with van der Waals surface area (Å²) in [6, 6.07) is 2.79. The van der Waals surface area contributed by atoms with Gasteiger partial charge >= 0.3 is 0 Å². The van der Waals surface area contributed by atoms with E-state index in [9.17, 15) is 0 Å². The van der Waals surface area contributed by atoms with Gasteiger partial charge in [0.1, 0.15) is 0 Å². The third-order valence-corrected chi connectivity index (χ3v) is 5.33.